The van der Waals surface area contributed by atoms with E-state index >= 15 is 0 Å². The summed E-state index contributed by atoms with van der Waals surface area (Å²) in [4.78, 5) is 80.0. The van der Waals surface area contributed by atoms with Gasteiger partial charge in [-0.1, -0.05) is 105 Å². The molecule has 0 heterocycles. The molecule has 0 bridgehead atoms. The van der Waals surface area contributed by atoms with Crippen molar-refractivity contribution in [2.45, 2.75) is 0 Å². The van der Waals surface area contributed by atoms with Crippen molar-refractivity contribution < 1.29 is 76.3 Å². The highest BCUT2D eigenvalue weighted by molar-refractivity contribution is 5.83. The van der Waals surface area contributed by atoms with Gasteiger partial charge in [-0.05, 0) is 0 Å². The Morgan fingerprint density at radius 2 is 0.268 bits per heavy atom. The van der Waals surface area contributed by atoms with Gasteiger partial charge in [0.15, 0.2) is 0 Å². The van der Waals surface area contributed by atoms with E-state index in [4.69, 9.17) is 0 Å². The van der Waals surface area contributed by atoms with E-state index in [0.717, 1.165) is 98.7 Å². The van der Waals surface area contributed by atoms with Crippen LogP contribution in [0, 0.1) is 0 Å². The van der Waals surface area contributed by atoms with Crippen LogP contribution in [-0.2, 0) is 76.3 Å². The molecular weight excluding hydrogens is 736 g/mol. The van der Waals surface area contributed by atoms with Gasteiger partial charge in [-0.25, -0.2) is 38.4 Å². The van der Waals surface area contributed by atoms with Crippen LogP contribution >= 0.6 is 0 Å². The Morgan fingerprint density at radius 1 is 0.196 bits per heavy atom. The summed E-state index contributed by atoms with van der Waals surface area (Å²) in [6.07, 6.45) is 17.0. The summed E-state index contributed by atoms with van der Waals surface area (Å²) in [5.41, 5.74) is 0. The van der Waals surface area contributed by atoms with Crippen molar-refractivity contribution in [3.05, 3.63) is 204 Å². The second kappa shape index (κ2) is 61.8. The maximum atomic E-state index is 10.0. The SMILES string of the molecule is C=COC(=O)C=C.C=COC(=O)C=C.C=COC(=O)C=C.C=COC(=O)C=C.C=COC(=O)C=C.C=COC(=O)C=C.C=COC(=O)C=C.C=COC(=O)C=C. The minimum absolute atomic E-state index is 0.477. The van der Waals surface area contributed by atoms with Crippen LogP contribution in [0.4, 0.5) is 0 Å². The standard InChI is InChI=1S/8C5H6O2/c8*1-3-5(6)7-4-2/h8*3-4H,1-2H2. The largest absolute Gasteiger partial charge is 0.432 e. The summed E-state index contributed by atoms with van der Waals surface area (Å²) >= 11 is 0. The Bertz CT molecular complexity index is 1070. The Hall–Kier alpha value is -8.40. The second-order valence-corrected chi connectivity index (χ2v) is 6.46. The summed E-state index contributed by atoms with van der Waals surface area (Å²) in [7, 11) is 0. The summed E-state index contributed by atoms with van der Waals surface area (Å²) in [5, 5.41) is 0. The van der Waals surface area contributed by atoms with Crippen molar-refractivity contribution in [3.8, 4) is 0 Å². The third kappa shape index (κ3) is 90.8. The monoisotopic (exact) mass is 784 g/mol. The van der Waals surface area contributed by atoms with Gasteiger partial charge in [0, 0.05) is 48.6 Å². The summed E-state index contributed by atoms with van der Waals surface area (Å²) in [6, 6.07) is 0. The van der Waals surface area contributed by atoms with Gasteiger partial charge >= 0.3 is 47.8 Å². The number of esters is 8. The van der Waals surface area contributed by atoms with Gasteiger partial charge in [0.05, 0.1) is 50.1 Å². The van der Waals surface area contributed by atoms with E-state index in [1.807, 2.05) is 0 Å². The fourth-order valence-corrected chi connectivity index (χ4v) is 1.04. The van der Waals surface area contributed by atoms with Crippen molar-refractivity contribution in [3.63, 3.8) is 0 Å². The molecule has 0 fully saturated rings. The van der Waals surface area contributed by atoms with E-state index in [1.54, 1.807) is 0 Å². The summed E-state index contributed by atoms with van der Waals surface area (Å²) < 4.78 is 33.6. The molecule has 304 valence electrons. The van der Waals surface area contributed by atoms with Crippen LogP contribution in [0.5, 0.6) is 0 Å². The quantitative estimate of drug-likeness (QED) is 0.0676. The summed E-state index contributed by atoms with van der Waals surface area (Å²) in [5.74, 6) is -3.81. The Morgan fingerprint density at radius 3 is 0.286 bits per heavy atom. The fraction of sp³-hybridized carbons (Fsp3) is 0. The third-order valence-electron chi connectivity index (χ3n) is 2.93. The number of carbonyl (C=O) groups excluding carboxylic acids is 8. The van der Waals surface area contributed by atoms with Gasteiger partial charge in [0.2, 0.25) is 0 Å². The van der Waals surface area contributed by atoms with Crippen LogP contribution in [0.15, 0.2) is 204 Å². The normalized spacial score (nSPS) is 6.86. The number of hydrogen-bond acceptors (Lipinski definition) is 16. The molecule has 0 radical (unpaired) electrons. The van der Waals surface area contributed by atoms with Gasteiger partial charge in [-0.2, -0.15) is 0 Å². The maximum absolute atomic E-state index is 10.0. The first kappa shape index (κ1) is 65.9. The maximum Gasteiger partial charge on any atom is 0.334 e. The molecule has 0 aliphatic carbocycles. The number of ether oxygens (including phenoxy) is 8. The van der Waals surface area contributed by atoms with E-state index in [0.29, 0.717) is 0 Å². The lowest BCUT2D eigenvalue weighted by Crippen LogP contribution is -1.90. The molecule has 0 aliphatic heterocycles. The van der Waals surface area contributed by atoms with Crippen LogP contribution < -0.4 is 0 Å². The Kier molecular flexibility index (Phi) is 72.7. The minimum atomic E-state index is -0.477. The van der Waals surface area contributed by atoms with Crippen LogP contribution in [0.2, 0.25) is 0 Å². The van der Waals surface area contributed by atoms with Crippen molar-refractivity contribution in [1.82, 2.24) is 0 Å². The van der Waals surface area contributed by atoms with E-state index in [2.05, 4.69) is 143 Å². The zero-order valence-electron chi connectivity index (χ0n) is 31.1. The smallest absolute Gasteiger partial charge is 0.334 e. The highest BCUT2D eigenvalue weighted by Gasteiger charge is 1.88. The van der Waals surface area contributed by atoms with E-state index in [-0.39, 0.29) is 0 Å². The van der Waals surface area contributed by atoms with Crippen LogP contribution in [0.25, 0.3) is 0 Å². The zero-order chi connectivity index (χ0) is 45.6. The van der Waals surface area contributed by atoms with E-state index < -0.39 is 47.8 Å². The average molecular weight is 785 g/mol. The topological polar surface area (TPSA) is 210 Å². The molecule has 0 amide bonds. The molecule has 0 unspecified atom stereocenters. The van der Waals surface area contributed by atoms with Crippen molar-refractivity contribution in [2.75, 3.05) is 0 Å². The number of rotatable bonds is 16. The predicted octanol–water partition coefficient (Wildman–Crippen LogP) is 6.87. The number of carbonyl (C=O) groups is 8. The molecule has 16 nitrogen and oxygen atoms in total. The van der Waals surface area contributed by atoms with Gasteiger partial charge < -0.3 is 37.9 Å². The van der Waals surface area contributed by atoms with Crippen molar-refractivity contribution in [1.29, 1.82) is 0 Å². The van der Waals surface area contributed by atoms with Gasteiger partial charge in [0.25, 0.3) is 0 Å². The molecule has 0 saturated carbocycles. The van der Waals surface area contributed by atoms with Crippen LogP contribution in [0.3, 0.4) is 0 Å². The molecule has 0 aliphatic rings. The highest BCUT2D eigenvalue weighted by atomic mass is 16.5. The Labute approximate surface area is 327 Å². The first-order valence-electron chi connectivity index (χ1n) is 14.0. The third-order valence-corrected chi connectivity index (χ3v) is 2.93. The molecule has 56 heavy (non-hydrogen) atoms. The van der Waals surface area contributed by atoms with E-state index in [1.165, 1.54) is 0 Å². The highest BCUT2D eigenvalue weighted by Crippen LogP contribution is 1.79. The zero-order valence-corrected chi connectivity index (χ0v) is 31.1. The molecule has 0 aromatic carbocycles. The van der Waals surface area contributed by atoms with Gasteiger partial charge in [0.1, 0.15) is 0 Å². The molecule has 16 heteroatoms. The summed E-state index contributed by atoms with van der Waals surface area (Å²) in [6.45, 7) is 50.5. The molecule has 0 spiro atoms. The molecule has 0 rings (SSSR count). The Balaban J connectivity index is -0.0000000784. The van der Waals surface area contributed by atoms with E-state index in [9.17, 15) is 38.4 Å². The van der Waals surface area contributed by atoms with Crippen LogP contribution in [0.1, 0.15) is 0 Å². The number of hydrogen-bond donors (Lipinski definition) is 0. The molecule has 0 aromatic rings. The molecule has 0 saturated heterocycles. The predicted molar refractivity (Wildman–Crippen MR) is 212 cm³/mol. The minimum Gasteiger partial charge on any atom is -0.432 e. The first-order chi connectivity index (χ1) is 26.5. The molecular formula is C40H48O16. The lowest BCUT2D eigenvalue weighted by atomic mass is 10.7. The molecule has 0 N–H and O–H groups in total. The fourth-order valence-electron chi connectivity index (χ4n) is 1.04. The van der Waals surface area contributed by atoms with Gasteiger partial charge in [-0.3, -0.25) is 0 Å². The lowest BCUT2D eigenvalue weighted by molar-refractivity contribution is -0.133. The van der Waals surface area contributed by atoms with Crippen molar-refractivity contribution in [2.24, 2.45) is 0 Å². The van der Waals surface area contributed by atoms with Crippen LogP contribution in [-0.4, -0.2) is 47.8 Å². The molecule has 0 atom stereocenters. The average Bonchev–Trinajstić information content (AvgIpc) is 3.20. The first-order valence-corrected chi connectivity index (χ1v) is 14.0. The van der Waals surface area contributed by atoms with Crippen molar-refractivity contribution >= 4 is 47.8 Å². The lowest BCUT2D eigenvalue weighted by Gasteiger charge is -1.85. The second-order valence-electron chi connectivity index (χ2n) is 6.46. The molecule has 0 aromatic heterocycles. The van der Waals surface area contributed by atoms with Gasteiger partial charge in [-0.15, -0.1) is 0 Å².